The van der Waals surface area contributed by atoms with Gasteiger partial charge in [0.2, 0.25) is 0 Å². The second kappa shape index (κ2) is 64.3. The second-order valence-electron chi connectivity index (χ2n) is 1.81. The van der Waals surface area contributed by atoms with Gasteiger partial charge < -0.3 is 13.8 Å². The van der Waals surface area contributed by atoms with Gasteiger partial charge in [-0.05, 0) is 0 Å². The summed E-state index contributed by atoms with van der Waals surface area (Å²) in [4.78, 5) is 0. The van der Waals surface area contributed by atoms with Crippen LogP contribution >= 0.6 is 23.2 Å². The Morgan fingerprint density at radius 2 is 0.929 bits per heavy atom. The van der Waals surface area contributed by atoms with Crippen molar-refractivity contribution in [2.45, 2.75) is 53.4 Å². The van der Waals surface area contributed by atoms with Crippen LogP contribution < -0.4 is 0 Å². The van der Waals surface area contributed by atoms with Crippen LogP contribution in [0.25, 0.3) is 0 Å². The van der Waals surface area contributed by atoms with Crippen molar-refractivity contribution >= 4 is 23.2 Å². The minimum atomic E-state index is 0. The van der Waals surface area contributed by atoms with Gasteiger partial charge in [-0.3, -0.25) is 0 Å². The van der Waals surface area contributed by atoms with E-state index >= 15 is 0 Å². The minimum absolute atomic E-state index is 0. The first-order valence-corrected chi connectivity index (χ1v) is 5.93. The predicted octanol–water partition coefficient (Wildman–Crippen LogP) is 5.69. The summed E-state index contributed by atoms with van der Waals surface area (Å²) >= 11 is 9.53. The van der Waals surface area contributed by atoms with Gasteiger partial charge in [0, 0.05) is 0 Å². The summed E-state index contributed by atoms with van der Waals surface area (Å²) in [6, 6.07) is 0. The molecule has 0 aliphatic rings. The average Bonchev–Trinajstić information content (AvgIpc) is 2.22. The largest absolute Gasteiger partial charge is 2.00 e. The van der Waals surface area contributed by atoms with Crippen LogP contribution in [0.3, 0.4) is 0 Å². The Bertz CT molecular complexity index is 32.5. The maximum absolute atomic E-state index is 4.76. The van der Waals surface area contributed by atoms with E-state index in [4.69, 9.17) is 23.2 Å². The molecular weight excluding hydrogens is 268 g/mol. The van der Waals surface area contributed by atoms with Crippen LogP contribution in [0.5, 0.6) is 0 Å². The zero-order valence-electron chi connectivity index (χ0n) is 10.4. The van der Waals surface area contributed by atoms with E-state index in [2.05, 4.69) is 27.7 Å². The summed E-state index contributed by atoms with van der Waals surface area (Å²) in [5.41, 5.74) is 0. The SMILES string of the molecule is CCCCCC.ClCCl.[CH2-]C.[CH2-]C.[Zn+2]. The Balaban J connectivity index is -0.0000000292. The van der Waals surface area contributed by atoms with Crippen LogP contribution in [0.4, 0.5) is 0 Å². The van der Waals surface area contributed by atoms with Crippen molar-refractivity contribution in [3.63, 3.8) is 0 Å². The third-order valence-corrected chi connectivity index (χ3v) is 0.957. The molecule has 0 spiro atoms. The molecule has 0 aromatic rings. The van der Waals surface area contributed by atoms with E-state index in [9.17, 15) is 0 Å². The first-order chi connectivity index (χ1) is 6.33. The van der Waals surface area contributed by atoms with Gasteiger partial charge in [0.05, 0.1) is 5.34 Å². The molecule has 14 heavy (non-hydrogen) atoms. The fraction of sp³-hybridized carbons (Fsp3) is 0.818. The molecule has 0 unspecified atom stereocenters. The van der Waals surface area contributed by atoms with Crippen molar-refractivity contribution in [3.05, 3.63) is 13.8 Å². The zero-order chi connectivity index (χ0) is 11.5. The van der Waals surface area contributed by atoms with Gasteiger partial charge >= 0.3 is 19.5 Å². The molecule has 0 aromatic heterocycles. The molecule has 0 rings (SSSR count). The van der Waals surface area contributed by atoms with Crippen molar-refractivity contribution in [2.75, 3.05) is 5.34 Å². The molecule has 0 heterocycles. The Morgan fingerprint density at radius 1 is 0.786 bits per heavy atom. The molecule has 0 nitrogen and oxygen atoms in total. The van der Waals surface area contributed by atoms with Crippen LogP contribution in [0.1, 0.15) is 53.4 Å². The third kappa shape index (κ3) is 111. The average molecular weight is 295 g/mol. The van der Waals surface area contributed by atoms with Crippen LogP contribution in [-0.2, 0) is 19.5 Å². The Labute approximate surface area is 115 Å². The molecular formula is C11H26Cl2Zn. The number of halogens is 2. The standard InChI is InChI=1S/C6H14.2C2H5.CH2Cl2.Zn/c1-3-5-6-4-2;2*1-2;2-1-3;/h3-6H2,1-2H3;2*1H2,2H3;1H2;/q;2*-1;;+2. The fourth-order valence-electron chi connectivity index (χ4n) is 0.500. The van der Waals surface area contributed by atoms with E-state index < -0.39 is 0 Å². The summed E-state index contributed by atoms with van der Waals surface area (Å²) < 4.78 is 0. The fourth-order valence-corrected chi connectivity index (χ4v) is 0.500. The van der Waals surface area contributed by atoms with E-state index in [0.29, 0.717) is 0 Å². The summed E-state index contributed by atoms with van der Waals surface area (Å²) in [5.74, 6) is 0. The number of hydrogen-bond donors (Lipinski definition) is 0. The Kier molecular flexibility index (Phi) is 135. The number of alkyl halides is 2. The molecule has 0 saturated carbocycles. The monoisotopic (exact) mass is 292 g/mol. The Hall–Kier alpha value is 1.20. The molecule has 0 bridgehead atoms. The molecule has 3 heteroatoms. The molecule has 0 aliphatic carbocycles. The predicted molar refractivity (Wildman–Crippen MR) is 68.5 cm³/mol. The van der Waals surface area contributed by atoms with Crippen molar-refractivity contribution in [1.82, 2.24) is 0 Å². The smallest absolute Gasteiger partial charge is 0.346 e. The molecule has 0 radical (unpaired) electrons. The number of rotatable bonds is 3. The van der Waals surface area contributed by atoms with E-state index in [1.165, 1.54) is 25.7 Å². The van der Waals surface area contributed by atoms with Crippen LogP contribution in [0, 0.1) is 13.8 Å². The molecule has 0 atom stereocenters. The van der Waals surface area contributed by atoms with Crippen molar-refractivity contribution < 1.29 is 19.5 Å². The minimum Gasteiger partial charge on any atom is -0.346 e. The van der Waals surface area contributed by atoms with Gasteiger partial charge in [-0.1, -0.05) is 39.5 Å². The quantitative estimate of drug-likeness (QED) is 0.272. The third-order valence-electron chi connectivity index (χ3n) is 0.957. The van der Waals surface area contributed by atoms with Gasteiger partial charge in [0.15, 0.2) is 0 Å². The number of hydrogen-bond acceptors (Lipinski definition) is 0. The molecule has 0 aliphatic heterocycles. The molecule has 0 fully saturated rings. The van der Waals surface area contributed by atoms with Crippen molar-refractivity contribution in [1.29, 1.82) is 0 Å². The van der Waals surface area contributed by atoms with Gasteiger partial charge in [-0.15, -0.1) is 23.2 Å². The molecule has 0 amide bonds. The normalized spacial score (nSPS) is 6.00. The van der Waals surface area contributed by atoms with Gasteiger partial charge in [0.1, 0.15) is 0 Å². The van der Waals surface area contributed by atoms with E-state index in [-0.39, 0.29) is 24.8 Å². The molecule has 0 aromatic carbocycles. The van der Waals surface area contributed by atoms with E-state index in [0.717, 1.165) is 0 Å². The summed E-state index contributed by atoms with van der Waals surface area (Å²) in [5, 5.41) is 0.194. The maximum Gasteiger partial charge on any atom is 2.00 e. The number of unbranched alkanes of at least 4 members (excludes halogenated alkanes) is 3. The first-order valence-electron chi connectivity index (χ1n) is 4.86. The summed E-state index contributed by atoms with van der Waals surface area (Å²) in [7, 11) is 0. The van der Waals surface area contributed by atoms with Crippen molar-refractivity contribution in [3.8, 4) is 0 Å². The Morgan fingerprint density at radius 3 is 1.00 bits per heavy atom. The van der Waals surface area contributed by atoms with Gasteiger partial charge in [-0.2, -0.15) is 13.8 Å². The topological polar surface area (TPSA) is 0 Å². The van der Waals surface area contributed by atoms with E-state index in [1.807, 2.05) is 0 Å². The van der Waals surface area contributed by atoms with Crippen molar-refractivity contribution in [2.24, 2.45) is 0 Å². The van der Waals surface area contributed by atoms with Crippen LogP contribution in [0.2, 0.25) is 0 Å². The van der Waals surface area contributed by atoms with Crippen LogP contribution in [0.15, 0.2) is 0 Å². The summed E-state index contributed by atoms with van der Waals surface area (Å²) in [6.07, 6.45) is 5.54. The van der Waals surface area contributed by atoms with Gasteiger partial charge in [-0.25, -0.2) is 0 Å². The van der Waals surface area contributed by atoms with Gasteiger partial charge in [0.25, 0.3) is 0 Å². The molecule has 0 saturated heterocycles. The zero-order valence-corrected chi connectivity index (χ0v) is 14.9. The molecule has 0 N–H and O–H groups in total. The maximum atomic E-state index is 4.76. The first kappa shape index (κ1) is 29.5. The second-order valence-corrected chi connectivity index (χ2v) is 2.62. The summed E-state index contributed by atoms with van der Waals surface area (Å²) in [6.45, 7) is 14.5. The van der Waals surface area contributed by atoms with Crippen LogP contribution in [-0.4, -0.2) is 5.34 Å². The van der Waals surface area contributed by atoms with E-state index in [1.54, 1.807) is 13.8 Å². The molecule has 86 valence electrons.